The van der Waals surface area contributed by atoms with E-state index < -0.39 is 76.8 Å². The number of halogens is 16. The van der Waals surface area contributed by atoms with Gasteiger partial charge in [-0.3, -0.25) is 4.55 Å². The van der Waals surface area contributed by atoms with Crippen LogP contribution in [0.5, 0.6) is 0 Å². The molecule has 0 saturated carbocycles. The Labute approximate surface area is 174 Å². The van der Waals surface area contributed by atoms with E-state index in [-0.39, 0.29) is 0 Å². The van der Waals surface area contributed by atoms with Crippen LogP contribution in [0.4, 0.5) is 70.2 Å². The average Bonchev–Trinajstić information content (AvgIpc) is 2.49. The normalized spacial score (nSPS) is 24.8. The molecular formula is C8HF16N2O6S2-. The van der Waals surface area contributed by atoms with E-state index in [9.17, 15) is 91.6 Å². The molecule has 1 aliphatic heterocycles. The molecule has 8 nitrogen and oxygen atoms in total. The first-order chi connectivity index (χ1) is 14.2. The molecule has 0 aromatic rings. The van der Waals surface area contributed by atoms with Gasteiger partial charge in [-0.25, -0.2) is 8.42 Å². The summed E-state index contributed by atoms with van der Waals surface area (Å²) in [7, 11) is -16.1. The van der Waals surface area contributed by atoms with Crippen LogP contribution in [0.3, 0.4) is 0 Å². The highest BCUT2D eigenvalue weighted by atomic mass is 32.2. The molecule has 26 heteroatoms. The molecule has 0 aromatic heterocycles. The molecule has 204 valence electrons. The standard InChI is InChI=1S/C8H2F16N2O6S2/c9-1(10)2(11,12)26(6(19,20)8(23,24)34(30,31)32)4(15,16)3(13,14)25(1)5(17,18)7(21,22)33(27,28)29/h(H,27,28,29)(H,30,31,32)/p-1. The van der Waals surface area contributed by atoms with E-state index in [1.807, 2.05) is 0 Å². The van der Waals surface area contributed by atoms with Gasteiger partial charge in [-0.1, -0.05) is 0 Å². The van der Waals surface area contributed by atoms with E-state index in [0.29, 0.717) is 0 Å². The smallest absolute Gasteiger partial charge is 0.447 e. The lowest BCUT2D eigenvalue weighted by atomic mass is 10.1. The van der Waals surface area contributed by atoms with Gasteiger partial charge in [0.05, 0.1) is 0 Å². The Balaban J connectivity index is 4.17. The van der Waals surface area contributed by atoms with E-state index in [2.05, 4.69) is 0 Å². The van der Waals surface area contributed by atoms with E-state index in [0.717, 1.165) is 0 Å². The number of piperazine rings is 1. The number of nitrogens with zero attached hydrogens (tertiary/aromatic N) is 2. The number of rotatable bonds is 6. The lowest BCUT2D eigenvalue weighted by molar-refractivity contribution is -0.573. The molecule has 0 aliphatic carbocycles. The van der Waals surface area contributed by atoms with Crippen molar-refractivity contribution in [2.24, 2.45) is 0 Å². The van der Waals surface area contributed by atoms with Crippen molar-refractivity contribution in [3.63, 3.8) is 0 Å². The molecule has 1 aliphatic rings. The van der Waals surface area contributed by atoms with Gasteiger partial charge in [0.2, 0.25) is 0 Å². The Morgan fingerprint density at radius 2 is 0.765 bits per heavy atom. The summed E-state index contributed by atoms with van der Waals surface area (Å²) in [6, 6.07) is -50.1. The average molecular weight is 589 g/mol. The first-order valence-corrected chi connectivity index (χ1v) is 9.64. The van der Waals surface area contributed by atoms with Crippen LogP contribution in [0.25, 0.3) is 0 Å². The SMILES string of the molecule is O=S(=O)([O-])C(F)(F)C(F)(F)N1C(F)(F)C(F)(F)N(C(F)(F)C(F)(F)S(=O)(=O)O)C(F)(F)C1(F)F. The van der Waals surface area contributed by atoms with Gasteiger partial charge in [-0.15, -0.1) is 9.80 Å². The summed E-state index contributed by atoms with van der Waals surface area (Å²) in [6.45, 7) is 0. The summed E-state index contributed by atoms with van der Waals surface area (Å²) in [5, 5.41) is -15.8. The number of hydrogen-bond acceptors (Lipinski definition) is 7. The summed E-state index contributed by atoms with van der Waals surface area (Å²) in [4.78, 5) is -9.36. The topological polar surface area (TPSA) is 118 Å². The second-order valence-corrected chi connectivity index (χ2v) is 8.76. The maximum absolute atomic E-state index is 13.8. The van der Waals surface area contributed by atoms with Crippen LogP contribution in [-0.2, 0) is 20.2 Å². The van der Waals surface area contributed by atoms with E-state index in [4.69, 9.17) is 4.55 Å². The Hall–Kier alpha value is -1.38. The Bertz CT molecular complexity index is 943. The van der Waals surface area contributed by atoms with Gasteiger partial charge >= 0.3 is 56.9 Å². The van der Waals surface area contributed by atoms with Crippen molar-refractivity contribution in [2.45, 2.75) is 46.8 Å². The van der Waals surface area contributed by atoms with Crippen molar-refractivity contribution in [3.05, 3.63) is 0 Å². The molecule has 0 atom stereocenters. The lowest BCUT2D eigenvalue weighted by Gasteiger charge is -2.56. The van der Waals surface area contributed by atoms with E-state index in [1.165, 1.54) is 0 Å². The predicted molar refractivity (Wildman–Crippen MR) is 64.5 cm³/mol. The van der Waals surface area contributed by atoms with E-state index in [1.54, 1.807) is 0 Å². The first kappa shape index (κ1) is 30.7. The third-order valence-electron chi connectivity index (χ3n) is 3.75. The summed E-state index contributed by atoms with van der Waals surface area (Å²) in [5.41, 5.74) is 0. The van der Waals surface area contributed by atoms with Crippen LogP contribution in [0, 0.1) is 0 Å². The summed E-state index contributed by atoms with van der Waals surface area (Å²) in [5.74, 6) is 0. The zero-order chi connectivity index (χ0) is 28.2. The molecule has 0 amide bonds. The van der Waals surface area contributed by atoms with Crippen molar-refractivity contribution in [1.82, 2.24) is 9.80 Å². The van der Waals surface area contributed by atoms with Crippen molar-refractivity contribution in [2.75, 3.05) is 0 Å². The van der Waals surface area contributed by atoms with Crippen LogP contribution in [0.15, 0.2) is 0 Å². The fourth-order valence-corrected chi connectivity index (χ4v) is 2.96. The first-order valence-electron chi connectivity index (χ1n) is 6.79. The van der Waals surface area contributed by atoms with Crippen LogP contribution >= 0.6 is 0 Å². The zero-order valence-electron chi connectivity index (χ0n) is 14.2. The summed E-state index contributed by atoms with van der Waals surface area (Å²) in [6.07, 6.45) is 0. The fraction of sp³-hybridized carbons (Fsp3) is 1.00. The molecule has 34 heavy (non-hydrogen) atoms. The third kappa shape index (κ3) is 3.42. The minimum atomic E-state index is -8.37. The predicted octanol–water partition coefficient (Wildman–Crippen LogP) is 2.78. The third-order valence-corrected chi connectivity index (χ3v) is 5.51. The molecule has 1 rings (SSSR count). The van der Waals surface area contributed by atoms with Gasteiger partial charge < -0.3 is 4.55 Å². The Morgan fingerprint density at radius 1 is 0.559 bits per heavy atom. The highest BCUT2D eigenvalue weighted by Crippen LogP contribution is 2.65. The van der Waals surface area contributed by atoms with Crippen molar-refractivity contribution in [1.29, 1.82) is 0 Å². The minimum Gasteiger partial charge on any atom is -0.743 e. The van der Waals surface area contributed by atoms with Crippen LogP contribution in [0.2, 0.25) is 0 Å². The maximum Gasteiger partial charge on any atom is 0.447 e. The fourth-order valence-electron chi connectivity index (χ4n) is 2.16. The van der Waals surface area contributed by atoms with Gasteiger partial charge in [0.1, 0.15) is 0 Å². The molecular weight excluding hydrogens is 588 g/mol. The molecule has 1 saturated heterocycles. The molecule has 1 fully saturated rings. The molecule has 0 aromatic carbocycles. The van der Waals surface area contributed by atoms with E-state index >= 15 is 0 Å². The Morgan fingerprint density at radius 3 is 0.941 bits per heavy atom. The van der Waals surface area contributed by atoms with Gasteiger partial charge in [0, 0.05) is 0 Å². The van der Waals surface area contributed by atoms with Crippen molar-refractivity contribution in [3.8, 4) is 0 Å². The van der Waals surface area contributed by atoms with Gasteiger partial charge in [0.15, 0.2) is 10.1 Å². The van der Waals surface area contributed by atoms with Crippen LogP contribution in [0.1, 0.15) is 0 Å². The second kappa shape index (κ2) is 7.10. The van der Waals surface area contributed by atoms with Gasteiger partial charge in [-0.05, 0) is 0 Å². The minimum absolute atomic E-state index is 4.67. The summed E-state index contributed by atoms with van der Waals surface area (Å²) < 4.78 is 276. The zero-order valence-corrected chi connectivity index (χ0v) is 15.9. The molecule has 0 unspecified atom stereocenters. The summed E-state index contributed by atoms with van der Waals surface area (Å²) >= 11 is 0. The monoisotopic (exact) mass is 589 g/mol. The maximum atomic E-state index is 13.8. The highest BCUT2D eigenvalue weighted by Gasteiger charge is 2.96. The van der Waals surface area contributed by atoms with Gasteiger partial charge in [0.25, 0.3) is 0 Å². The van der Waals surface area contributed by atoms with Crippen molar-refractivity contribution >= 4 is 20.2 Å². The quantitative estimate of drug-likeness (QED) is 0.286. The molecule has 0 radical (unpaired) electrons. The van der Waals surface area contributed by atoms with Gasteiger partial charge in [-0.2, -0.15) is 78.7 Å². The molecule has 1 N–H and O–H groups in total. The number of alkyl halides is 16. The second-order valence-electron chi connectivity index (χ2n) is 5.88. The molecule has 1 heterocycles. The largest absolute Gasteiger partial charge is 0.743 e. The Kier molecular flexibility index (Phi) is 6.40. The lowest BCUT2D eigenvalue weighted by Crippen LogP contribution is -2.88. The number of hydrogen-bond donors (Lipinski definition) is 1. The van der Waals surface area contributed by atoms with Crippen LogP contribution in [-0.4, -0.2) is 82.5 Å². The molecule has 0 spiro atoms. The highest BCUT2D eigenvalue weighted by molar-refractivity contribution is 7.87. The molecule has 0 bridgehead atoms. The van der Waals surface area contributed by atoms with Crippen LogP contribution < -0.4 is 0 Å². The van der Waals surface area contributed by atoms with Crippen molar-refractivity contribution < 1.29 is 96.2 Å².